The average molecular weight is 366 g/mol. The lowest BCUT2D eigenvalue weighted by molar-refractivity contribution is 0.183. The van der Waals surface area contributed by atoms with Crippen LogP contribution in [0.3, 0.4) is 0 Å². The summed E-state index contributed by atoms with van der Waals surface area (Å²) >= 11 is 9.79. The second kappa shape index (κ2) is 6.49. The Morgan fingerprint density at radius 3 is 2.71 bits per heavy atom. The van der Waals surface area contributed by atoms with Gasteiger partial charge in [0.05, 0.1) is 0 Å². The Bertz CT molecular complexity index is 644. The van der Waals surface area contributed by atoms with Crippen LogP contribution in [-0.2, 0) is 13.0 Å². The topological polar surface area (TPSA) is 29.3 Å². The molecule has 2 nitrogen and oxygen atoms in total. The Morgan fingerprint density at radius 1 is 1.19 bits per heavy atom. The highest BCUT2D eigenvalue weighted by Gasteiger charge is 2.25. The van der Waals surface area contributed by atoms with Gasteiger partial charge < -0.3 is 5.73 Å². The zero-order valence-electron chi connectivity index (χ0n) is 11.7. The zero-order chi connectivity index (χ0) is 14.8. The summed E-state index contributed by atoms with van der Waals surface area (Å²) in [5.74, 6) is 0. The van der Waals surface area contributed by atoms with E-state index in [1.807, 2.05) is 18.2 Å². The Balaban J connectivity index is 1.90. The molecule has 1 heterocycles. The molecule has 2 aromatic rings. The largest absolute Gasteiger partial charge is 0.329 e. The molecule has 4 heteroatoms. The van der Waals surface area contributed by atoms with Crippen LogP contribution in [0, 0.1) is 0 Å². The minimum atomic E-state index is 0.187. The fourth-order valence-electron chi connectivity index (χ4n) is 3.03. The summed E-state index contributed by atoms with van der Waals surface area (Å²) in [6.45, 7) is 2.55. The van der Waals surface area contributed by atoms with Gasteiger partial charge in [-0.15, -0.1) is 0 Å². The van der Waals surface area contributed by atoms with E-state index >= 15 is 0 Å². The second-order valence-corrected chi connectivity index (χ2v) is 6.70. The Labute approximate surface area is 139 Å². The Morgan fingerprint density at radius 2 is 1.95 bits per heavy atom. The van der Waals surface area contributed by atoms with Crippen molar-refractivity contribution in [2.75, 3.05) is 13.1 Å². The van der Waals surface area contributed by atoms with Crippen LogP contribution in [0.15, 0.2) is 46.9 Å². The van der Waals surface area contributed by atoms with Crippen molar-refractivity contribution >= 4 is 27.5 Å². The molecule has 1 atom stereocenters. The molecule has 0 fully saturated rings. The van der Waals surface area contributed by atoms with Gasteiger partial charge in [0.25, 0.3) is 0 Å². The fourth-order valence-corrected chi connectivity index (χ4v) is 3.72. The van der Waals surface area contributed by atoms with Gasteiger partial charge in [0.1, 0.15) is 0 Å². The summed E-state index contributed by atoms with van der Waals surface area (Å²) in [5, 5.41) is 0.754. The first-order chi connectivity index (χ1) is 10.2. The third-order valence-corrected chi connectivity index (χ3v) is 5.10. The fraction of sp³-hybridized carbons (Fsp3) is 0.294. The molecule has 0 spiro atoms. The number of fused-ring (bicyclic) bond motifs is 1. The first-order valence-electron chi connectivity index (χ1n) is 7.15. The van der Waals surface area contributed by atoms with Gasteiger partial charge in [-0.3, -0.25) is 4.90 Å². The first kappa shape index (κ1) is 15.0. The number of rotatable bonds is 3. The van der Waals surface area contributed by atoms with Crippen LogP contribution in [-0.4, -0.2) is 18.0 Å². The Kier molecular flexibility index (Phi) is 4.65. The van der Waals surface area contributed by atoms with Crippen molar-refractivity contribution in [3.63, 3.8) is 0 Å². The lowest BCUT2D eigenvalue weighted by atomic mass is 9.96. The number of halogens is 2. The SMILES string of the molecule is NCC(c1cc(Cl)ccc1Br)N1CCc2ccccc2C1. The van der Waals surface area contributed by atoms with E-state index < -0.39 is 0 Å². The molecule has 2 N–H and O–H groups in total. The number of hydrogen-bond donors (Lipinski definition) is 1. The van der Waals surface area contributed by atoms with Crippen LogP contribution in [0.4, 0.5) is 0 Å². The molecule has 0 saturated carbocycles. The van der Waals surface area contributed by atoms with Crippen LogP contribution in [0.1, 0.15) is 22.7 Å². The van der Waals surface area contributed by atoms with E-state index in [0.29, 0.717) is 6.54 Å². The molecule has 0 bridgehead atoms. The highest BCUT2D eigenvalue weighted by molar-refractivity contribution is 9.10. The van der Waals surface area contributed by atoms with Gasteiger partial charge >= 0.3 is 0 Å². The molecule has 0 amide bonds. The summed E-state index contributed by atoms with van der Waals surface area (Å²) in [7, 11) is 0. The van der Waals surface area contributed by atoms with Crippen molar-refractivity contribution in [2.24, 2.45) is 5.73 Å². The van der Waals surface area contributed by atoms with Crippen molar-refractivity contribution in [2.45, 2.75) is 19.0 Å². The minimum Gasteiger partial charge on any atom is -0.329 e. The third-order valence-electron chi connectivity index (χ3n) is 4.14. The predicted octanol–water partition coefficient (Wildman–Crippen LogP) is 4.16. The normalized spacial score (nSPS) is 16.5. The van der Waals surface area contributed by atoms with Gasteiger partial charge in [0.2, 0.25) is 0 Å². The van der Waals surface area contributed by atoms with Gasteiger partial charge in [-0.05, 0) is 41.3 Å². The zero-order valence-corrected chi connectivity index (χ0v) is 14.1. The average Bonchev–Trinajstić information content (AvgIpc) is 2.51. The Hall–Kier alpha value is -0.870. The third kappa shape index (κ3) is 3.16. The van der Waals surface area contributed by atoms with E-state index in [0.717, 1.165) is 29.0 Å². The predicted molar refractivity (Wildman–Crippen MR) is 91.5 cm³/mol. The maximum atomic E-state index is 6.16. The minimum absolute atomic E-state index is 0.187. The van der Waals surface area contributed by atoms with Gasteiger partial charge in [0.15, 0.2) is 0 Å². The van der Waals surface area contributed by atoms with E-state index in [1.54, 1.807) is 0 Å². The number of nitrogens with two attached hydrogens (primary N) is 1. The summed E-state index contributed by atoms with van der Waals surface area (Å²) in [4.78, 5) is 2.44. The van der Waals surface area contributed by atoms with Crippen LogP contribution >= 0.6 is 27.5 Å². The lowest BCUT2D eigenvalue weighted by Gasteiger charge is -2.35. The summed E-state index contributed by atoms with van der Waals surface area (Å²) in [6, 6.07) is 14.8. The molecule has 110 valence electrons. The van der Waals surface area contributed by atoms with Crippen molar-refractivity contribution < 1.29 is 0 Å². The molecular formula is C17H18BrClN2. The maximum absolute atomic E-state index is 6.16. The second-order valence-electron chi connectivity index (χ2n) is 5.41. The quantitative estimate of drug-likeness (QED) is 0.885. The van der Waals surface area contributed by atoms with Gasteiger partial charge in [0, 0.05) is 35.2 Å². The standard InChI is InChI=1S/C17H18BrClN2/c18-16-6-5-14(19)9-15(16)17(10-20)21-8-7-12-3-1-2-4-13(12)11-21/h1-6,9,17H,7-8,10-11,20H2. The van der Waals surface area contributed by atoms with Gasteiger partial charge in [-0.2, -0.15) is 0 Å². The van der Waals surface area contributed by atoms with Crippen LogP contribution in [0.5, 0.6) is 0 Å². The molecule has 0 radical (unpaired) electrons. The van der Waals surface area contributed by atoms with E-state index in [4.69, 9.17) is 17.3 Å². The molecule has 0 saturated heterocycles. The van der Waals surface area contributed by atoms with Crippen molar-refractivity contribution in [3.8, 4) is 0 Å². The highest BCUT2D eigenvalue weighted by atomic mass is 79.9. The highest BCUT2D eigenvalue weighted by Crippen LogP contribution is 2.32. The molecule has 21 heavy (non-hydrogen) atoms. The van der Waals surface area contributed by atoms with E-state index in [9.17, 15) is 0 Å². The van der Waals surface area contributed by atoms with Crippen LogP contribution in [0.25, 0.3) is 0 Å². The van der Waals surface area contributed by atoms with E-state index in [1.165, 1.54) is 16.7 Å². The number of hydrogen-bond acceptors (Lipinski definition) is 2. The van der Waals surface area contributed by atoms with Crippen LogP contribution in [0.2, 0.25) is 5.02 Å². The number of nitrogens with zero attached hydrogens (tertiary/aromatic N) is 1. The molecular weight excluding hydrogens is 348 g/mol. The molecule has 1 aliphatic heterocycles. The maximum Gasteiger partial charge on any atom is 0.0485 e. The van der Waals surface area contributed by atoms with Crippen molar-refractivity contribution in [3.05, 3.63) is 68.7 Å². The molecule has 3 rings (SSSR count). The van der Waals surface area contributed by atoms with Gasteiger partial charge in [-0.25, -0.2) is 0 Å². The molecule has 1 unspecified atom stereocenters. The van der Waals surface area contributed by atoms with E-state index in [-0.39, 0.29) is 6.04 Å². The molecule has 0 aliphatic carbocycles. The molecule has 0 aromatic heterocycles. The number of benzene rings is 2. The first-order valence-corrected chi connectivity index (χ1v) is 8.32. The summed E-state index contributed by atoms with van der Waals surface area (Å²) in [6.07, 6.45) is 1.07. The smallest absolute Gasteiger partial charge is 0.0485 e. The van der Waals surface area contributed by atoms with Crippen molar-refractivity contribution in [1.29, 1.82) is 0 Å². The molecule has 1 aliphatic rings. The van der Waals surface area contributed by atoms with Crippen LogP contribution < -0.4 is 5.73 Å². The lowest BCUT2D eigenvalue weighted by Crippen LogP contribution is -2.37. The monoisotopic (exact) mass is 364 g/mol. The van der Waals surface area contributed by atoms with Crippen molar-refractivity contribution in [1.82, 2.24) is 4.90 Å². The summed E-state index contributed by atoms with van der Waals surface area (Å²) in [5.41, 5.74) is 10.1. The molecule has 2 aromatic carbocycles. The van der Waals surface area contributed by atoms with E-state index in [2.05, 4.69) is 45.1 Å². The summed E-state index contributed by atoms with van der Waals surface area (Å²) < 4.78 is 1.07. The van der Waals surface area contributed by atoms with Gasteiger partial charge in [-0.1, -0.05) is 51.8 Å².